The number of carboxylic acids is 1. The fraction of sp³-hybridized carbons (Fsp3) is 0.500. The Morgan fingerprint density at radius 3 is 2.52 bits per heavy atom. The predicted octanol–water partition coefficient (Wildman–Crippen LogP) is 1.54. The predicted molar refractivity (Wildman–Crippen MR) is 76.8 cm³/mol. The van der Waals surface area contributed by atoms with Crippen molar-refractivity contribution in [1.29, 1.82) is 0 Å². The second-order valence-electron chi connectivity index (χ2n) is 5.40. The summed E-state index contributed by atoms with van der Waals surface area (Å²) in [5, 5.41) is 9.21. The molecule has 116 valence electrons. The van der Waals surface area contributed by atoms with Crippen LogP contribution in [0.4, 0.5) is 0 Å². The molecule has 1 saturated carbocycles. The van der Waals surface area contributed by atoms with Gasteiger partial charge in [0.25, 0.3) is 0 Å². The highest BCUT2D eigenvalue weighted by Gasteiger charge is 2.44. The minimum absolute atomic E-state index is 0.0737. The molecule has 2 rings (SSSR count). The Morgan fingerprint density at radius 2 is 2.10 bits per heavy atom. The van der Waals surface area contributed by atoms with Crippen molar-refractivity contribution in [3.05, 3.63) is 23.8 Å². The molecule has 0 atom stereocenters. The van der Waals surface area contributed by atoms with E-state index in [1.165, 1.54) is 19.2 Å². The van der Waals surface area contributed by atoms with Crippen molar-refractivity contribution in [3.8, 4) is 5.75 Å². The Bertz CT molecular complexity index is 649. The zero-order chi connectivity index (χ0) is 15.7. The Labute approximate surface area is 124 Å². The summed E-state index contributed by atoms with van der Waals surface area (Å²) in [5.74, 6) is -0.336. The highest BCUT2D eigenvalue weighted by molar-refractivity contribution is 7.89. The molecule has 21 heavy (non-hydrogen) atoms. The van der Waals surface area contributed by atoms with Crippen molar-refractivity contribution in [2.75, 3.05) is 13.7 Å². The molecule has 0 spiro atoms. The maximum Gasteiger partial charge on any atom is 0.310 e. The van der Waals surface area contributed by atoms with Gasteiger partial charge in [0.1, 0.15) is 5.75 Å². The molecule has 1 aromatic carbocycles. The van der Waals surface area contributed by atoms with E-state index in [1.807, 2.05) is 0 Å². The van der Waals surface area contributed by atoms with Crippen LogP contribution in [0.15, 0.2) is 23.1 Å². The van der Waals surface area contributed by atoms with Crippen LogP contribution in [0.25, 0.3) is 0 Å². The number of carbonyl (C=O) groups is 1. The van der Waals surface area contributed by atoms with Crippen LogP contribution in [0.3, 0.4) is 0 Å². The average Bonchev–Trinajstić information content (AvgIpc) is 2.36. The number of hydrogen-bond donors (Lipinski definition) is 2. The second-order valence-corrected chi connectivity index (χ2v) is 7.16. The van der Waals surface area contributed by atoms with E-state index in [9.17, 15) is 18.3 Å². The first kappa shape index (κ1) is 15.8. The highest BCUT2D eigenvalue weighted by Crippen LogP contribution is 2.40. The lowest BCUT2D eigenvalue weighted by molar-refractivity contribution is -0.153. The van der Waals surface area contributed by atoms with Crippen LogP contribution in [0.5, 0.6) is 5.75 Å². The molecule has 0 amide bonds. The molecule has 0 aromatic heterocycles. The molecule has 1 aliphatic rings. The molecule has 1 aromatic rings. The number of benzene rings is 1. The smallest absolute Gasteiger partial charge is 0.310 e. The van der Waals surface area contributed by atoms with Crippen molar-refractivity contribution in [2.45, 2.75) is 31.1 Å². The zero-order valence-electron chi connectivity index (χ0n) is 12.0. The summed E-state index contributed by atoms with van der Waals surface area (Å²) in [6.07, 6.45) is 1.83. The fourth-order valence-electron chi connectivity index (χ4n) is 2.40. The number of carboxylic acid groups (broad SMARTS) is 1. The van der Waals surface area contributed by atoms with Crippen molar-refractivity contribution in [2.24, 2.45) is 5.41 Å². The van der Waals surface area contributed by atoms with Crippen LogP contribution < -0.4 is 9.46 Å². The number of rotatable bonds is 6. The molecule has 7 heteroatoms. The van der Waals surface area contributed by atoms with E-state index in [0.29, 0.717) is 24.2 Å². The normalized spacial score (nSPS) is 17.0. The number of aliphatic carboxylic acids is 1. The van der Waals surface area contributed by atoms with E-state index >= 15 is 0 Å². The maximum atomic E-state index is 12.2. The lowest BCUT2D eigenvalue weighted by Crippen LogP contribution is -2.47. The van der Waals surface area contributed by atoms with Gasteiger partial charge in [-0.3, -0.25) is 4.79 Å². The molecule has 2 N–H and O–H groups in total. The van der Waals surface area contributed by atoms with Crippen LogP contribution in [0, 0.1) is 12.3 Å². The number of ether oxygens (including phenoxy) is 1. The number of sulfonamides is 1. The van der Waals surface area contributed by atoms with Gasteiger partial charge in [-0.15, -0.1) is 0 Å². The van der Waals surface area contributed by atoms with E-state index in [2.05, 4.69) is 4.72 Å². The van der Waals surface area contributed by atoms with Gasteiger partial charge in [-0.05, 0) is 43.5 Å². The van der Waals surface area contributed by atoms with Crippen LogP contribution >= 0.6 is 0 Å². The van der Waals surface area contributed by atoms with Gasteiger partial charge in [0, 0.05) is 6.54 Å². The molecule has 1 fully saturated rings. The molecule has 0 heterocycles. The standard InChI is InChI=1S/C14H19NO5S/c1-10-8-11(4-5-12(10)20-2)21(18,19)15-9-14(13(16)17)6-3-7-14/h4-5,8,15H,3,6-7,9H2,1-2H3,(H,16,17). The minimum Gasteiger partial charge on any atom is -0.496 e. The van der Waals surface area contributed by atoms with E-state index in [-0.39, 0.29) is 11.4 Å². The summed E-state index contributed by atoms with van der Waals surface area (Å²) in [5.41, 5.74) is -0.244. The zero-order valence-corrected chi connectivity index (χ0v) is 12.9. The summed E-state index contributed by atoms with van der Waals surface area (Å²) in [7, 11) is -2.20. The molecular formula is C14H19NO5S. The Morgan fingerprint density at radius 1 is 1.43 bits per heavy atom. The first-order valence-electron chi connectivity index (χ1n) is 6.68. The fourth-order valence-corrected chi connectivity index (χ4v) is 3.62. The summed E-state index contributed by atoms with van der Waals surface area (Å²) in [6.45, 7) is 1.68. The number of aryl methyl sites for hydroxylation is 1. The van der Waals surface area contributed by atoms with E-state index in [4.69, 9.17) is 4.74 Å². The topological polar surface area (TPSA) is 92.7 Å². The Kier molecular flexibility index (Phi) is 4.25. The van der Waals surface area contributed by atoms with Crippen LogP contribution in [0.1, 0.15) is 24.8 Å². The van der Waals surface area contributed by atoms with Crippen molar-refractivity contribution < 1.29 is 23.1 Å². The first-order valence-corrected chi connectivity index (χ1v) is 8.17. The molecule has 0 unspecified atom stereocenters. The molecule has 1 aliphatic carbocycles. The summed E-state index contributed by atoms with van der Waals surface area (Å²) in [4.78, 5) is 11.4. The first-order chi connectivity index (χ1) is 9.81. The van der Waals surface area contributed by atoms with Gasteiger partial charge in [0.05, 0.1) is 17.4 Å². The molecule has 6 nitrogen and oxygen atoms in total. The van der Waals surface area contributed by atoms with Crippen molar-refractivity contribution in [3.63, 3.8) is 0 Å². The number of hydrogen-bond acceptors (Lipinski definition) is 4. The van der Waals surface area contributed by atoms with Gasteiger partial charge in [0.2, 0.25) is 10.0 Å². The summed E-state index contributed by atoms with van der Waals surface area (Å²) in [6, 6.07) is 4.54. The van der Waals surface area contributed by atoms with Gasteiger partial charge in [-0.25, -0.2) is 13.1 Å². The molecule has 0 bridgehead atoms. The third-order valence-electron chi connectivity index (χ3n) is 4.04. The average molecular weight is 313 g/mol. The third-order valence-corrected chi connectivity index (χ3v) is 5.44. The van der Waals surface area contributed by atoms with Gasteiger partial charge in [-0.1, -0.05) is 6.42 Å². The van der Waals surface area contributed by atoms with E-state index < -0.39 is 21.4 Å². The minimum atomic E-state index is -3.72. The quantitative estimate of drug-likeness (QED) is 0.831. The van der Waals surface area contributed by atoms with Crippen molar-refractivity contribution in [1.82, 2.24) is 4.72 Å². The number of nitrogens with one attached hydrogen (secondary N) is 1. The summed E-state index contributed by atoms with van der Waals surface area (Å²) >= 11 is 0. The van der Waals surface area contributed by atoms with Crippen LogP contribution in [0.2, 0.25) is 0 Å². The lowest BCUT2D eigenvalue weighted by atomic mass is 9.69. The van der Waals surface area contributed by atoms with Gasteiger partial charge >= 0.3 is 5.97 Å². The summed E-state index contributed by atoms with van der Waals surface area (Å²) < 4.78 is 32.0. The monoisotopic (exact) mass is 313 g/mol. The van der Waals surface area contributed by atoms with E-state index in [0.717, 1.165) is 6.42 Å². The number of methoxy groups -OCH3 is 1. The Hall–Kier alpha value is -1.60. The lowest BCUT2D eigenvalue weighted by Gasteiger charge is -2.37. The van der Waals surface area contributed by atoms with Crippen LogP contribution in [-0.4, -0.2) is 33.1 Å². The molecule has 0 radical (unpaired) electrons. The van der Waals surface area contributed by atoms with Crippen LogP contribution in [-0.2, 0) is 14.8 Å². The highest BCUT2D eigenvalue weighted by atomic mass is 32.2. The van der Waals surface area contributed by atoms with Crippen molar-refractivity contribution >= 4 is 16.0 Å². The molecular weight excluding hydrogens is 294 g/mol. The Balaban J connectivity index is 2.15. The molecule has 0 aliphatic heterocycles. The van der Waals surface area contributed by atoms with Gasteiger partial charge in [0.15, 0.2) is 0 Å². The molecule has 0 saturated heterocycles. The largest absolute Gasteiger partial charge is 0.496 e. The van der Waals surface area contributed by atoms with Gasteiger partial charge in [-0.2, -0.15) is 0 Å². The SMILES string of the molecule is COc1ccc(S(=O)(=O)NCC2(C(=O)O)CCC2)cc1C. The maximum absolute atomic E-state index is 12.2. The van der Waals surface area contributed by atoms with E-state index in [1.54, 1.807) is 13.0 Å². The second kappa shape index (κ2) is 5.65. The van der Waals surface area contributed by atoms with Gasteiger partial charge < -0.3 is 9.84 Å². The third kappa shape index (κ3) is 3.03.